The molecule has 0 aromatic carbocycles. The van der Waals surface area contributed by atoms with E-state index in [9.17, 15) is 4.79 Å². The highest BCUT2D eigenvalue weighted by atomic mass is 16.1. The minimum absolute atomic E-state index is 0.145. The minimum atomic E-state index is 0.145. The van der Waals surface area contributed by atoms with Gasteiger partial charge in [-0.2, -0.15) is 0 Å². The first-order chi connectivity index (χ1) is 6.47. The summed E-state index contributed by atoms with van der Waals surface area (Å²) in [6.45, 7) is 8.97. The Kier molecular flexibility index (Phi) is 6.54. The van der Waals surface area contributed by atoms with Crippen molar-refractivity contribution in [2.75, 3.05) is 6.54 Å². The maximum atomic E-state index is 11.4. The maximum absolute atomic E-state index is 11.4. The Balaban J connectivity index is 3.65. The highest BCUT2D eigenvalue weighted by Gasteiger charge is 2.11. The molecule has 0 aromatic heterocycles. The summed E-state index contributed by atoms with van der Waals surface area (Å²) in [5, 5.41) is 2.98. The predicted octanol–water partition coefficient (Wildman–Crippen LogP) is 1.52. The van der Waals surface area contributed by atoms with Crippen molar-refractivity contribution in [2.45, 2.75) is 46.6 Å². The summed E-state index contributed by atoms with van der Waals surface area (Å²) in [5.74, 6) is 1.08. The molecule has 0 aromatic rings. The Labute approximate surface area is 87.4 Å². The van der Waals surface area contributed by atoms with E-state index in [0.29, 0.717) is 24.8 Å². The number of amides is 1. The van der Waals surface area contributed by atoms with Gasteiger partial charge >= 0.3 is 0 Å². The van der Waals surface area contributed by atoms with E-state index in [0.717, 1.165) is 6.42 Å². The molecule has 0 aliphatic heterocycles. The van der Waals surface area contributed by atoms with E-state index in [4.69, 9.17) is 5.73 Å². The highest BCUT2D eigenvalue weighted by Crippen LogP contribution is 2.05. The molecular weight excluding hydrogens is 176 g/mol. The Hall–Kier alpha value is -0.570. The molecule has 14 heavy (non-hydrogen) atoms. The van der Waals surface area contributed by atoms with Crippen LogP contribution in [0.5, 0.6) is 0 Å². The molecule has 84 valence electrons. The largest absolute Gasteiger partial charge is 0.353 e. The van der Waals surface area contributed by atoms with Gasteiger partial charge < -0.3 is 11.1 Å². The smallest absolute Gasteiger partial charge is 0.220 e. The molecule has 0 aliphatic rings. The number of rotatable bonds is 6. The van der Waals surface area contributed by atoms with Crippen LogP contribution in [0, 0.1) is 11.8 Å². The second-order valence-corrected chi connectivity index (χ2v) is 4.48. The highest BCUT2D eigenvalue weighted by molar-refractivity contribution is 5.76. The molecule has 0 rings (SSSR count). The first-order valence-corrected chi connectivity index (χ1v) is 5.46. The van der Waals surface area contributed by atoms with Crippen LogP contribution in [0.4, 0.5) is 0 Å². The van der Waals surface area contributed by atoms with E-state index >= 15 is 0 Å². The van der Waals surface area contributed by atoms with Gasteiger partial charge in [-0.25, -0.2) is 0 Å². The normalized spacial score (nSPS) is 15.3. The van der Waals surface area contributed by atoms with Crippen molar-refractivity contribution in [1.29, 1.82) is 0 Å². The van der Waals surface area contributed by atoms with E-state index in [-0.39, 0.29) is 11.9 Å². The van der Waals surface area contributed by atoms with Crippen molar-refractivity contribution in [3.8, 4) is 0 Å². The summed E-state index contributed by atoms with van der Waals surface area (Å²) < 4.78 is 0. The van der Waals surface area contributed by atoms with Gasteiger partial charge in [0.25, 0.3) is 0 Å². The maximum Gasteiger partial charge on any atom is 0.220 e. The lowest BCUT2D eigenvalue weighted by molar-refractivity contribution is -0.122. The lowest BCUT2D eigenvalue weighted by Gasteiger charge is -2.17. The van der Waals surface area contributed by atoms with Gasteiger partial charge in [0, 0.05) is 12.5 Å². The molecule has 3 heteroatoms. The van der Waals surface area contributed by atoms with Crippen LogP contribution in [0.1, 0.15) is 40.5 Å². The zero-order chi connectivity index (χ0) is 11.1. The number of nitrogens with two attached hydrogens (primary N) is 1. The first kappa shape index (κ1) is 13.4. The van der Waals surface area contributed by atoms with E-state index in [2.05, 4.69) is 26.1 Å². The number of carbonyl (C=O) groups is 1. The lowest BCUT2D eigenvalue weighted by Crippen LogP contribution is -2.36. The van der Waals surface area contributed by atoms with E-state index in [1.54, 1.807) is 0 Å². The van der Waals surface area contributed by atoms with Crippen LogP contribution in [0.25, 0.3) is 0 Å². The summed E-state index contributed by atoms with van der Waals surface area (Å²) in [6.07, 6.45) is 1.47. The van der Waals surface area contributed by atoms with Crippen molar-refractivity contribution >= 4 is 5.91 Å². The van der Waals surface area contributed by atoms with Crippen molar-refractivity contribution in [3.05, 3.63) is 0 Å². The average Bonchev–Trinajstić information content (AvgIpc) is 2.13. The summed E-state index contributed by atoms with van der Waals surface area (Å²) >= 11 is 0. The zero-order valence-corrected chi connectivity index (χ0v) is 9.84. The first-order valence-electron chi connectivity index (χ1n) is 5.46. The van der Waals surface area contributed by atoms with Gasteiger partial charge in [0.1, 0.15) is 0 Å². The molecule has 0 saturated heterocycles. The second-order valence-electron chi connectivity index (χ2n) is 4.48. The number of carbonyl (C=O) groups excluding carboxylic acids is 1. The summed E-state index contributed by atoms with van der Waals surface area (Å²) in [5.41, 5.74) is 5.48. The van der Waals surface area contributed by atoms with Crippen LogP contribution < -0.4 is 11.1 Å². The number of hydrogen-bond donors (Lipinski definition) is 2. The predicted molar refractivity (Wildman–Crippen MR) is 59.9 cm³/mol. The molecule has 0 bridgehead atoms. The quantitative estimate of drug-likeness (QED) is 0.683. The van der Waals surface area contributed by atoms with Gasteiger partial charge in [-0.3, -0.25) is 4.79 Å². The molecule has 3 N–H and O–H groups in total. The van der Waals surface area contributed by atoms with Gasteiger partial charge in [0.15, 0.2) is 0 Å². The van der Waals surface area contributed by atoms with Crippen LogP contribution in [0.2, 0.25) is 0 Å². The van der Waals surface area contributed by atoms with Crippen molar-refractivity contribution in [3.63, 3.8) is 0 Å². The fourth-order valence-corrected chi connectivity index (χ4v) is 0.988. The summed E-state index contributed by atoms with van der Waals surface area (Å²) in [7, 11) is 0. The monoisotopic (exact) mass is 200 g/mol. The molecule has 0 fully saturated rings. The molecule has 0 spiro atoms. The van der Waals surface area contributed by atoms with Crippen LogP contribution in [0.3, 0.4) is 0 Å². The Morgan fingerprint density at radius 2 is 1.86 bits per heavy atom. The van der Waals surface area contributed by atoms with Crippen molar-refractivity contribution < 1.29 is 4.79 Å². The Morgan fingerprint density at radius 1 is 1.29 bits per heavy atom. The van der Waals surface area contributed by atoms with Gasteiger partial charge in [0.2, 0.25) is 5.91 Å². The molecule has 3 nitrogen and oxygen atoms in total. The van der Waals surface area contributed by atoms with E-state index < -0.39 is 0 Å². The molecule has 2 atom stereocenters. The van der Waals surface area contributed by atoms with Gasteiger partial charge in [-0.05, 0) is 31.7 Å². The van der Waals surface area contributed by atoms with E-state index in [1.807, 2.05) is 6.92 Å². The van der Waals surface area contributed by atoms with Crippen LogP contribution in [0.15, 0.2) is 0 Å². The van der Waals surface area contributed by atoms with Gasteiger partial charge in [0.05, 0.1) is 0 Å². The van der Waals surface area contributed by atoms with Crippen LogP contribution in [-0.4, -0.2) is 18.5 Å². The Morgan fingerprint density at radius 3 is 2.29 bits per heavy atom. The van der Waals surface area contributed by atoms with Gasteiger partial charge in [-0.1, -0.05) is 20.8 Å². The zero-order valence-electron chi connectivity index (χ0n) is 9.84. The third kappa shape index (κ3) is 5.97. The molecule has 0 aliphatic carbocycles. The molecule has 2 unspecified atom stereocenters. The SMILES string of the molecule is CC(CN)CCC(=O)NC(C)C(C)C. The molecule has 0 radical (unpaired) electrons. The number of nitrogens with one attached hydrogen (secondary N) is 1. The van der Waals surface area contributed by atoms with Gasteiger partial charge in [-0.15, -0.1) is 0 Å². The molecule has 0 saturated carbocycles. The second kappa shape index (κ2) is 6.82. The van der Waals surface area contributed by atoms with E-state index in [1.165, 1.54) is 0 Å². The minimum Gasteiger partial charge on any atom is -0.353 e. The topological polar surface area (TPSA) is 55.1 Å². The fraction of sp³-hybridized carbons (Fsp3) is 0.909. The number of hydrogen-bond acceptors (Lipinski definition) is 2. The third-order valence-electron chi connectivity index (χ3n) is 2.66. The lowest BCUT2D eigenvalue weighted by atomic mass is 10.0. The van der Waals surface area contributed by atoms with Crippen LogP contribution in [-0.2, 0) is 4.79 Å². The average molecular weight is 200 g/mol. The molecule has 1 amide bonds. The van der Waals surface area contributed by atoms with Crippen molar-refractivity contribution in [1.82, 2.24) is 5.32 Å². The fourth-order valence-electron chi connectivity index (χ4n) is 0.988. The van der Waals surface area contributed by atoms with Crippen LogP contribution >= 0.6 is 0 Å². The Bertz CT molecular complexity index is 169. The molecular formula is C11H24N2O. The molecule has 0 heterocycles. The summed E-state index contributed by atoms with van der Waals surface area (Å²) in [6, 6.07) is 0.260. The van der Waals surface area contributed by atoms with Crippen molar-refractivity contribution in [2.24, 2.45) is 17.6 Å². The standard InChI is InChI=1S/C11H24N2O/c1-8(2)10(4)13-11(14)6-5-9(3)7-12/h8-10H,5-7,12H2,1-4H3,(H,13,14). The summed E-state index contributed by atoms with van der Waals surface area (Å²) in [4.78, 5) is 11.4. The third-order valence-corrected chi connectivity index (χ3v) is 2.66.